The topological polar surface area (TPSA) is 35.9 Å². The zero-order chi connectivity index (χ0) is 19.6. The lowest BCUT2D eigenvalue weighted by molar-refractivity contribution is -0.186. The van der Waals surface area contributed by atoms with E-state index in [4.69, 9.17) is 4.74 Å². The van der Waals surface area contributed by atoms with Crippen molar-refractivity contribution >= 4 is 0 Å². The molecular weight excluding hydrogens is 348 g/mol. The fourth-order valence-corrected chi connectivity index (χ4v) is 6.29. The molecule has 4 nitrogen and oxygen atoms in total. The molecule has 0 bridgehead atoms. The minimum Gasteiger partial charge on any atom is -0.496 e. The van der Waals surface area contributed by atoms with Crippen LogP contribution in [0.15, 0.2) is 24.3 Å². The molecule has 3 unspecified atom stereocenters. The Kier molecular flexibility index (Phi) is 6.01. The van der Waals surface area contributed by atoms with Crippen LogP contribution in [0, 0.1) is 0 Å². The third-order valence-corrected chi connectivity index (χ3v) is 7.85. The normalized spacial score (nSPS) is 35.6. The summed E-state index contributed by atoms with van der Waals surface area (Å²) in [6.07, 6.45) is 10.9. The average Bonchev–Trinajstić information content (AvgIpc) is 2.77. The third-order valence-electron chi connectivity index (χ3n) is 7.85. The number of ether oxygens (including phenoxy) is 1. The van der Waals surface area contributed by atoms with Gasteiger partial charge in [-0.25, -0.2) is 0 Å². The van der Waals surface area contributed by atoms with Gasteiger partial charge in [-0.3, -0.25) is 9.80 Å². The van der Waals surface area contributed by atoms with Gasteiger partial charge in [0.05, 0.1) is 12.6 Å². The number of benzene rings is 1. The highest BCUT2D eigenvalue weighted by molar-refractivity contribution is 5.43. The SMILES string of the molecule is COc1ccccc1C1(O)C(N2CCCCC2)CCCC1(C)N1CCCCC1. The third kappa shape index (κ3) is 3.28. The van der Waals surface area contributed by atoms with Crippen LogP contribution in [0.3, 0.4) is 0 Å². The predicted molar refractivity (Wildman–Crippen MR) is 114 cm³/mol. The fourth-order valence-electron chi connectivity index (χ4n) is 6.29. The summed E-state index contributed by atoms with van der Waals surface area (Å²) in [6.45, 7) is 6.75. The van der Waals surface area contributed by atoms with E-state index in [1.807, 2.05) is 12.1 Å². The molecule has 1 saturated carbocycles. The zero-order valence-electron chi connectivity index (χ0n) is 17.8. The van der Waals surface area contributed by atoms with E-state index < -0.39 is 5.60 Å². The van der Waals surface area contributed by atoms with Crippen molar-refractivity contribution in [2.24, 2.45) is 0 Å². The molecule has 3 aliphatic rings. The second kappa shape index (κ2) is 8.33. The van der Waals surface area contributed by atoms with Crippen LogP contribution in [-0.2, 0) is 5.60 Å². The summed E-state index contributed by atoms with van der Waals surface area (Å²) in [6, 6.07) is 8.37. The molecule has 2 aliphatic heterocycles. The first-order valence-electron chi connectivity index (χ1n) is 11.5. The number of hydrogen-bond acceptors (Lipinski definition) is 4. The van der Waals surface area contributed by atoms with E-state index in [0.29, 0.717) is 0 Å². The van der Waals surface area contributed by atoms with Gasteiger partial charge in [-0.05, 0) is 84.1 Å². The van der Waals surface area contributed by atoms with Gasteiger partial charge >= 0.3 is 0 Å². The molecule has 0 aromatic heterocycles. The second-order valence-electron chi connectivity index (χ2n) is 9.29. The van der Waals surface area contributed by atoms with E-state index in [0.717, 1.165) is 50.3 Å². The number of piperidine rings is 2. The van der Waals surface area contributed by atoms with Gasteiger partial charge in [0.15, 0.2) is 0 Å². The molecule has 4 heteroatoms. The molecule has 28 heavy (non-hydrogen) atoms. The molecule has 4 rings (SSSR count). The molecule has 3 atom stereocenters. The van der Waals surface area contributed by atoms with Crippen LogP contribution >= 0.6 is 0 Å². The molecule has 1 aromatic carbocycles. The van der Waals surface area contributed by atoms with E-state index in [2.05, 4.69) is 28.9 Å². The van der Waals surface area contributed by atoms with Gasteiger partial charge in [-0.1, -0.05) is 31.0 Å². The number of hydrogen-bond donors (Lipinski definition) is 1. The molecule has 0 amide bonds. The maximum Gasteiger partial charge on any atom is 0.127 e. The van der Waals surface area contributed by atoms with Crippen molar-refractivity contribution in [2.45, 2.75) is 81.9 Å². The Morgan fingerprint density at radius 1 is 0.929 bits per heavy atom. The van der Waals surface area contributed by atoms with Gasteiger partial charge < -0.3 is 9.84 Å². The number of likely N-dealkylation sites (tertiary alicyclic amines) is 2. The van der Waals surface area contributed by atoms with E-state index in [1.54, 1.807) is 7.11 Å². The molecule has 3 fully saturated rings. The lowest BCUT2D eigenvalue weighted by Gasteiger charge is -2.61. The monoisotopic (exact) mass is 386 g/mol. The summed E-state index contributed by atoms with van der Waals surface area (Å²) in [7, 11) is 1.74. The highest BCUT2D eigenvalue weighted by atomic mass is 16.5. The molecule has 2 heterocycles. The summed E-state index contributed by atoms with van der Waals surface area (Å²) in [5.74, 6) is 0.831. The fraction of sp³-hybridized carbons (Fsp3) is 0.750. The van der Waals surface area contributed by atoms with Crippen LogP contribution in [0.5, 0.6) is 5.75 Å². The quantitative estimate of drug-likeness (QED) is 0.843. The molecule has 1 aliphatic carbocycles. The molecule has 1 N–H and O–H groups in total. The standard InChI is InChI=1S/C24H38N2O2/c1-23(26-18-9-4-10-19-26)15-11-14-22(25-16-7-3-8-17-25)24(23,27)20-12-5-6-13-21(20)28-2/h5-6,12-13,22,27H,3-4,7-11,14-19H2,1-2H3. The van der Waals surface area contributed by atoms with Crippen molar-refractivity contribution in [3.05, 3.63) is 29.8 Å². The minimum absolute atomic E-state index is 0.157. The van der Waals surface area contributed by atoms with Gasteiger partial charge in [0.25, 0.3) is 0 Å². The van der Waals surface area contributed by atoms with Gasteiger partial charge in [-0.2, -0.15) is 0 Å². The van der Waals surface area contributed by atoms with Gasteiger partial charge in [0, 0.05) is 11.6 Å². The van der Waals surface area contributed by atoms with Crippen LogP contribution in [0.4, 0.5) is 0 Å². The first-order chi connectivity index (χ1) is 13.6. The smallest absolute Gasteiger partial charge is 0.127 e. The number of rotatable bonds is 4. The Balaban J connectivity index is 1.82. The lowest BCUT2D eigenvalue weighted by atomic mass is 9.62. The molecule has 0 radical (unpaired) electrons. The Morgan fingerprint density at radius 3 is 2.25 bits per heavy atom. The maximum atomic E-state index is 12.8. The zero-order valence-corrected chi connectivity index (χ0v) is 17.8. The molecule has 2 saturated heterocycles. The van der Waals surface area contributed by atoms with Gasteiger partial charge in [-0.15, -0.1) is 0 Å². The minimum atomic E-state index is -0.924. The van der Waals surface area contributed by atoms with E-state index in [9.17, 15) is 5.11 Å². The highest BCUT2D eigenvalue weighted by Gasteiger charge is 2.60. The summed E-state index contributed by atoms with van der Waals surface area (Å²) in [5, 5.41) is 12.8. The number of para-hydroxylation sites is 1. The number of nitrogens with zero attached hydrogens (tertiary/aromatic N) is 2. The molecule has 1 aromatic rings. The second-order valence-corrected chi connectivity index (χ2v) is 9.29. The Hall–Kier alpha value is -1.10. The van der Waals surface area contributed by atoms with E-state index >= 15 is 0 Å². The first-order valence-corrected chi connectivity index (χ1v) is 11.5. The molecule has 0 spiro atoms. The Morgan fingerprint density at radius 2 is 1.57 bits per heavy atom. The summed E-state index contributed by atoms with van der Waals surface area (Å²) >= 11 is 0. The summed E-state index contributed by atoms with van der Waals surface area (Å²) in [4.78, 5) is 5.20. The van der Waals surface area contributed by atoms with Crippen molar-refractivity contribution in [2.75, 3.05) is 33.3 Å². The molecule has 156 valence electrons. The summed E-state index contributed by atoms with van der Waals surface area (Å²) < 4.78 is 5.78. The molecular formula is C24H38N2O2. The number of methoxy groups -OCH3 is 1. The predicted octanol–water partition coefficient (Wildman–Crippen LogP) is 4.17. The van der Waals surface area contributed by atoms with Crippen molar-refractivity contribution in [3.63, 3.8) is 0 Å². The first kappa shape index (κ1) is 20.2. The van der Waals surface area contributed by atoms with Crippen LogP contribution in [-0.4, -0.2) is 59.8 Å². The van der Waals surface area contributed by atoms with Crippen molar-refractivity contribution in [1.82, 2.24) is 9.80 Å². The van der Waals surface area contributed by atoms with Crippen LogP contribution < -0.4 is 4.74 Å². The Labute approximate surface area is 170 Å². The van der Waals surface area contributed by atoms with Crippen molar-refractivity contribution in [1.29, 1.82) is 0 Å². The van der Waals surface area contributed by atoms with Crippen LogP contribution in [0.1, 0.15) is 70.3 Å². The van der Waals surface area contributed by atoms with E-state index in [-0.39, 0.29) is 11.6 Å². The Bertz CT molecular complexity index is 654. The maximum absolute atomic E-state index is 12.8. The number of aliphatic hydroxyl groups is 1. The largest absolute Gasteiger partial charge is 0.496 e. The van der Waals surface area contributed by atoms with Crippen molar-refractivity contribution in [3.8, 4) is 5.75 Å². The van der Waals surface area contributed by atoms with Gasteiger partial charge in [0.1, 0.15) is 11.4 Å². The lowest BCUT2D eigenvalue weighted by Crippen LogP contribution is -2.71. The average molecular weight is 387 g/mol. The van der Waals surface area contributed by atoms with Crippen LogP contribution in [0.25, 0.3) is 0 Å². The van der Waals surface area contributed by atoms with Gasteiger partial charge in [0.2, 0.25) is 0 Å². The van der Waals surface area contributed by atoms with Crippen LogP contribution in [0.2, 0.25) is 0 Å². The van der Waals surface area contributed by atoms with E-state index in [1.165, 1.54) is 44.9 Å². The summed E-state index contributed by atoms with van der Waals surface area (Å²) in [5.41, 5.74) is -0.199. The van der Waals surface area contributed by atoms with Crippen molar-refractivity contribution < 1.29 is 9.84 Å². The highest BCUT2D eigenvalue weighted by Crippen LogP contribution is 2.52.